The zero-order valence-electron chi connectivity index (χ0n) is 64.9. The van der Waals surface area contributed by atoms with Gasteiger partial charge in [0.2, 0.25) is 46.0 Å². The topological polar surface area (TPSA) is 898 Å². The Hall–Kier alpha value is -18.8. The summed E-state index contributed by atoms with van der Waals surface area (Å²) in [4.78, 5) is 152. The van der Waals surface area contributed by atoms with Crippen LogP contribution in [-0.4, -0.2) is 268 Å². The Morgan fingerprint density at radius 1 is 0.301 bits per heavy atom. The summed E-state index contributed by atoms with van der Waals surface area (Å²) in [6, 6.07) is 2.06. The van der Waals surface area contributed by atoms with Gasteiger partial charge in [-0.2, -0.15) is 0 Å². The molecule has 51 nitrogen and oxygen atoms in total. The number of fused-ring (bicyclic) bond motifs is 10. The Kier molecular flexibility index (Phi) is 20.3. The van der Waals surface area contributed by atoms with Gasteiger partial charge in [0.25, 0.3) is 0 Å². The monoisotopic (exact) mass is 1850 g/mol. The van der Waals surface area contributed by atoms with Gasteiger partial charge in [-0.1, -0.05) is 0 Å². The second kappa shape index (κ2) is 30.8. The van der Waals surface area contributed by atoms with E-state index in [0.29, 0.717) is 18.2 Å². The van der Waals surface area contributed by atoms with Gasteiger partial charge in [-0.05, 0) is 54.6 Å². The third-order valence-corrected chi connectivity index (χ3v) is 22.2. The maximum atomic E-state index is 16.6. The molecule has 10 atom stereocenters. The van der Waals surface area contributed by atoms with E-state index in [1.54, 1.807) is 0 Å². The van der Waals surface area contributed by atoms with Crippen LogP contribution in [0.5, 0.6) is 161 Å². The van der Waals surface area contributed by atoms with E-state index < -0.39 is 421 Å². The van der Waals surface area contributed by atoms with Gasteiger partial charge in [0.15, 0.2) is 163 Å². The van der Waals surface area contributed by atoms with Crippen LogP contribution in [0.3, 0.4) is 0 Å². The summed E-state index contributed by atoms with van der Waals surface area (Å²) in [6.07, 6.45) is -30.8. The molecule has 0 amide bonds. The van der Waals surface area contributed by atoms with Gasteiger partial charge < -0.3 is 205 Å². The summed E-state index contributed by atoms with van der Waals surface area (Å²) in [5.74, 6) is -70.3. The van der Waals surface area contributed by atoms with Gasteiger partial charge in [0, 0.05) is 60.8 Å². The van der Waals surface area contributed by atoms with Gasteiger partial charge in [0.1, 0.15) is 31.5 Å². The first kappa shape index (κ1) is 87.6. The van der Waals surface area contributed by atoms with Crippen LogP contribution in [0.25, 0.3) is 66.1 Å². The van der Waals surface area contributed by atoms with Gasteiger partial charge in [-0.3, -0.25) is 0 Å². The van der Waals surface area contributed by atoms with Crippen LogP contribution in [0.2, 0.25) is 0 Å². The first-order valence-corrected chi connectivity index (χ1v) is 37.1. The molecular formula is C82H54O51. The number of aliphatic hydroxyl groups is 3. The summed E-state index contributed by atoms with van der Waals surface area (Å²) in [5, 5.41) is 355. The van der Waals surface area contributed by atoms with Gasteiger partial charge in [0.05, 0.1) is 61.2 Å². The van der Waals surface area contributed by atoms with E-state index in [1.165, 1.54) is 0 Å². The number of hydrogen-bond donors (Lipinski definition) is 31. The normalized spacial score (nSPS) is 18.5. The molecule has 12 aromatic rings. The summed E-state index contributed by atoms with van der Waals surface area (Å²) in [6.45, 7) is -4.17. The number of aliphatic hydroxyl groups excluding tert-OH is 3. The Balaban J connectivity index is 0.973. The van der Waals surface area contributed by atoms with Crippen LogP contribution >= 0.6 is 0 Å². The number of rotatable bonds is 10. The molecule has 0 radical (unpaired) electrons. The minimum atomic E-state index is -3.63. The molecule has 31 N–H and O–H groups in total. The van der Waals surface area contributed by atoms with Crippen LogP contribution in [0, 0.1) is 0 Å². The lowest BCUT2D eigenvalue weighted by Gasteiger charge is -2.43. The highest BCUT2D eigenvalue weighted by Crippen LogP contribution is 2.65. The van der Waals surface area contributed by atoms with Crippen molar-refractivity contribution >= 4 is 80.5 Å². The molecule has 0 spiro atoms. The molecule has 4 aliphatic heterocycles. The zero-order chi connectivity index (χ0) is 96.8. The standard InChI is InChI=1S/C82H54O51/c83-19-1-12(2-20(84)45(19)92)73(114)126-28-10-125-80(121)41-35(32-16(7-25(89)49(96)54(32)101)76(117)128-67(28)66(113)64(111)60(107)44-43-39-34-18(79(120)130-70(39)65(112)61(44)108)9-27(91)51(98)69(34)131-82(43)123)56(103)62(109)58(105)37(41)40-38-42-36(57(104)63(110)59(38)106)33-17(8-26(90)50(97)55(33)102)78(119)133-72(71(40)132-81(42)122)68-29(127-74(115)13-3-21(85)46(93)22(86)4-13)11-124-75(116)14-5-23(87)47(94)52(99)30(14)31-15(77(118)129-68)6-24(88)48(95)53(31)100/h1-9,28-29,40,60,64,66-68,71-72,83-113H,10-11H2/t28-,29-,40+,60-,64+,66-,67-,68-,71+,72?/m1/s1. The minimum absolute atomic E-state index is 0.0469. The Morgan fingerprint density at radius 2 is 0.654 bits per heavy atom. The highest BCUT2D eigenvalue weighted by atomic mass is 16.7. The molecular weight excluding hydrogens is 1800 g/mol. The van der Waals surface area contributed by atoms with Crippen LogP contribution in [0.15, 0.2) is 73.0 Å². The first-order valence-electron chi connectivity index (χ1n) is 37.1. The summed E-state index contributed by atoms with van der Waals surface area (Å²) in [7, 11) is 0. The van der Waals surface area contributed by atoms with E-state index in [1.807, 2.05) is 0 Å². The maximum absolute atomic E-state index is 16.6. The number of phenolic OH excluding ortho intramolecular Hbond substituents is 28. The Bertz CT molecular complexity index is 7370. The molecule has 2 aromatic heterocycles. The quantitative estimate of drug-likeness (QED) is 0.0307. The fraction of sp³-hybridized carbons (Fsp3) is 0.146. The van der Waals surface area contributed by atoms with Gasteiger partial charge in [-0.25, -0.2) is 47.9 Å². The average Bonchev–Trinajstić information content (AvgIpc) is 0.743. The third kappa shape index (κ3) is 13.1. The molecule has 4 aliphatic rings. The number of carbonyl (C=O) groups is 8. The molecule has 0 saturated heterocycles. The molecule has 688 valence electrons. The molecule has 1 unspecified atom stereocenters. The molecule has 16 rings (SSSR count). The minimum Gasteiger partial charge on any atom is -0.504 e. The lowest BCUT2D eigenvalue weighted by Crippen LogP contribution is -2.56. The van der Waals surface area contributed by atoms with Crippen molar-refractivity contribution in [1.29, 1.82) is 0 Å². The molecule has 6 heterocycles. The Morgan fingerprint density at radius 3 is 1.11 bits per heavy atom. The fourth-order valence-electron chi connectivity index (χ4n) is 16.0. The molecule has 10 aromatic carbocycles. The largest absolute Gasteiger partial charge is 0.504 e. The van der Waals surface area contributed by atoms with Crippen LogP contribution in [-0.2, 0) is 37.9 Å². The number of carbonyl (C=O) groups excluding carboxylic acids is 8. The Labute approximate surface area is 726 Å². The van der Waals surface area contributed by atoms with Crippen LogP contribution in [0.4, 0.5) is 0 Å². The van der Waals surface area contributed by atoms with Crippen LogP contribution in [0.1, 0.15) is 112 Å². The van der Waals surface area contributed by atoms with Crippen molar-refractivity contribution in [2.24, 2.45) is 0 Å². The van der Waals surface area contributed by atoms with Crippen molar-refractivity contribution in [2.75, 3.05) is 13.2 Å². The van der Waals surface area contributed by atoms with Crippen molar-refractivity contribution in [3.8, 4) is 194 Å². The van der Waals surface area contributed by atoms with Gasteiger partial charge >= 0.3 is 59.0 Å². The second-order valence-electron chi connectivity index (χ2n) is 29.6. The van der Waals surface area contributed by atoms with E-state index in [-0.39, 0.29) is 36.4 Å². The SMILES string of the molecule is O=C(O[C@@H]1COC(=O)c2c(c(O)c(O)c(O)c2[C@H]2c3c(O)c(O)c(O)c4c3C(=O)O[C@@H]2C([C@@H]2OC(=O)c3cc(O)c(O)c(O)c3-c3c(cc(O)c(O)c3O)C(=O)OC[C@H]2OC(=O)c2cc(O)c(O)c(O)c2)OC(=O)c2cc(O)c(O)c(O)c2-4)-c2c(cc(O)c(O)c2O)C(=O)O[C@H]1[C@H](O)[C@@H](O)[C@H](O)c1c(O)c(O)c2oc(=O)c3cc(O)c(O)c4oc(=O)c1c2c43)c1cc(O)c(O)c(O)c1. The van der Waals surface area contributed by atoms with Crippen molar-refractivity contribution < 1.29 is 243 Å². The fourth-order valence-corrected chi connectivity index (χ4v) is 16.0. The average molecular weight is 1860 g/mol. The lowest BCUT2D eigenvalue weighted by molar-refractivity contribution is -0.146. The van der Waals surface area contributed by atoms with Crippen molar-refractivity contribution in [1.82, 2.24) is 0 Å². The molecule has 2 bridgehead atoms. The third-order valence-electron chi connectivity index (χ3n) is 22.2. The molecule has 51 heteroatoms. The van der Waals surface area contributed by atoms with E-state index in [2.05, 4.69) is 0 Å². The number of ether oxygens (including phenoxy) is 8. The number of phenols is 28. The van der Waals surface area contributed by atoms with E-state index in [9.17, 15) is 182 Å². The van der Waals surface area contributed by atoms with E-state index in [0.717, 1.165) is 0 Å². The van der Waals surface area contributed by atoms with Crippen LogP contribution < -0.4 is 11.3 Å². The van der Waals surface area contributed by atoms with Crippen molar-refractivity contribution in [3.63, 3.8) is 0 Å². The summed E-state index contributed by atoms with van der Waals surface area (Å²) >= 11 is 0. The van der Waals surface area contributed by atoms with Crippen molar-refractivity contribution in [2.45, 2.75) is 60.9 Å². The first-order chi connectivity index (χ1) is 62.5. The smallest absolute Gasteiger partial charge is 0.344 e. The highest BCUT2D eigenvalue weighted by molar-refractivity contribution is 6.23. The molecule has 0 aliphatic carbocycles. The number of aromatic hydroxyl groups is 28. The number of hydrogen-bond acceptors (Lipinski definition) is 51. The summed E-state index contributed by atoms with van der Waals surface area (Å²) in [5.41, 5.74) is -33.5. The maximum Gasteiger partial charge on any atom is 0.344 e. The molecule has 133 heavy (non-hydrogen) atoms. The van der Waals surface area contributed by atoms with Gasteiger partial charge in [-0.15, -0.1) is 0 Å². The highest BCUT2D eigenvalue weighted by Gasteiger charge is 2.58. The number of esters is 8. The predicted molar refractivity (Wildman–Crippen MR) is 417 cm³/mol. The van der Waals surface area contributed by atoms with E-state index in [4.69, 9.17) is 46.7 Å². The zero-order valence-corrected chi connectivity index (χ0v) is 64.9. The number of cyclic esters (lactones) is 5. The second-order valence-corrected chi connectivity index (χ2v) is 29.6. The summed E-state index contributed by atoms with van der Waals surface area (Å²) < 4.78 is 56.5. The predicted octanol–water partition coefficient (Wildman–Crippen LogP) is 2.46. The van der Waals surface area contributed by atoms with E-state index >= 15 is 24.0 Å². The lowest BCUT2D eigenvalue weighted by atomic mass is 9.72. The molecule has 0 saturated carbocycles. The number of benzene rings is 10. The molecule has 0 fully saturated rings. The van der Waals surface area contributed by atoms with Crippen molar-refractivity contribution in [3.05, 3.63) is 137 Å².